The van der Waals surface area contributed by atoms with Crippen LogP contribution in [0.3, 0.4) is 0 Å². The van der Waals surface area contributed by atoms with Crippen molar-refractivity contribution in [2.75, 3.05) is 12.1 Å². The Hall–Kier alpha value is -2.43. The standard InChI is InChI=1S/C22H19BrN2O/c1-24(15-17-11-5-7-13-19(17)23)25-20-14-8-6-12-18(20)21(22(25)26)16-9-3-2-4-10-16/h2-14,21H,15H2,1H3/t21-/m1/s1. The number of amides is 1. The molecule has 0 fully saturated rings. The summed E-state index contributed by atoms with van der Waals surface area (Å²) in [5.41, 5.74) is 4.19. The fourth-order valence-electron chi connectivity index (χ4n) is 3.56. The summed E-state index contributed by atoms with van der Waals surface area (Å²) in [6, 6.07) is 26.2. The summed E-state index contributed by atoms with van der Waals surface area (Å²) in [6.45, 7) is 0.642. The Bertz CT molecular complexity index is 942. The zero-order valence-corrected chi connectivity index (χ0v) is 16.1. The van der Waals surface area contributed by atoms with E-state index in [1.807, 2.05) is 83.8 Å². The zero-order chi connectivity index (χ0) is 18.1. The van der Waals surface area contributed by atoms with E-state index in [9.17, 15) is 4.79 Å². The van der Waals surface area contributed by atoms with E-state index in [1.165, 1.54) is 0 Å². The van der Waals surface area contributed by atoms with Crippen molar-refractivity contribution in [2.45, 2.75) is 12.5 Å². The molecule has 0 spiro atoms. The molecule has 4 heteroatoms. The van der Waals surface area contributed by atoms with Crippen molar-refractivity contribution >= 4 is 27.5 Å². The number of carbonyl (C=O) groups excluding carboxylic acids is 1. The number of carbonyl (C=O) groups is 1. The van der Waals surface area contributed by atoms with Crippen LogP contribution in [0.1, 0.15) is 22.6 Å². The first kappa shape index (κ1) is 17.0. The van der Waals surface area contributed by atoms with E-state index in [1.54, 1.807) is 0 Å². The molecule has 0 radical (unpaired) electrons. The molecule has 3 nitrogen and oxygen atoms in total. The van der Waals surface area contributed by atoms with Crippen LogP contribution < -0.4 is 5.01 Å². The van der Waals surface area contributed by atoms with Crippen LogP contribution in [-0.2, 0) is 11.3 Å². The lowest BCUT2D eigenvalue weighted by Crippen LogP contribution is -2.42. The SMILES string of the molecule is CN(Cc1ccccc1Br)N1C(=O)[C@H](c2ccccc2)c2ccccc21. The van der Waals surface area contributed by atoms with Gasteiger partial charge in [0.2, 0.25) is 0 Å². The predicted octanol–water partition coefficient (Wildman–Crippen LogP) is 4.97. The highest BCUT2D eigenvalue weighted by atomic mass is 79.9. The molecular formula is C22H19BrN2O. The summed E-state index contributed by atoms with van der Waals surface area (Å²) in [5.74, 6) is -0.166. The maximum atomic E-state index is 13.4. The monoisotopic (exact) mass is 406 g/mol. The highest BCUT2D eigenvalue weighted by molar-refractivity contribution is 9.10. The minimum absolute atomic E-state index is 0.0898. The van der Waals surface area contributed by atoms with Crippen LogP contribution in [0.15, 0.2) is 83.3 Å². The summed E-state index contributed by atoms with van der Waals surface area (Å²) in [5, 5.41) is 3.80. The number of benzene rings is 3. The van der Waals surface area contributed by atoms with E-state index < -0.39 is 0 Å². The van der Waals surface area contributed by atoms with Crippen molar-refractivity contribution in [2.24, 2.45) is 0 Å². The van der Waals surface area contributed by atoms with Crippen molar-refractivity contribution in [1.82, 2.24) is 5.01 Å². The molecule has 1 heterocycles. The van der Waals surface area contributed by atoms with Crippen LogP contribution in [0.4, 0.5) is 5.69 Å². The normalized spacial score (nSPS) is 16.2. The van der Waals surface area contributed by atoms with Crippen LogP contribution in [0, 0.1) is 0 Å². The largest absolute Gasteiger partial charge is 0.272 e. The van der Waals surface area contributed by atoms with Gasteiger partial charge in [0.25, 0.3) is 5.91 Å². The molecule has 3 aromatic rings. The van der Waals surface area contributed by atoms with Crippen molar-refractivity contribution in [3.63, 3.8) is 0 Å². The maximum absolute atomic E-state index is 13.4. The molecule has 0 N–H and O–H groups in total. The molecular weight excluding hydrogens is 388 g/mol. The Morgan fingerprint density at radius 2 is 1.58 bits per heavy atom. The summed E-state index contributed by atoms with van der Waals surface area (Å²) < 4.78 is 1.05. The molecule has 0 unspecified atom stereocenters. The number of fused-ring (bicyclic) bond motifs is 1. The Balaban J connectivity index is 1.71. The van der Waals surface area contributed by atoms with Gasteiger partial charge in [-0.15, -0.1) is 0 Å². The highest BCUT2D eigenvalue weighted by Crippen LogP contribution is 2.41. The summed E-state index contributed by atoms with van der Waals surface area (Å²) in [7, 11) is 1.96. The quantitative estimate of drug-likeness (QED) is 0.610. The average molecular weight is 407 g/mol. The minimum Gasteiger partial charge on any atom is -0.272 e. The third kappa shape index (κ3) is 2.96. The molecule has 0 aromatic heterocycles. The molecule has 1 aliphatic heterocycles. The van der Waals surface area contributed by atoms with Gasteiger partial charge in [0.05, 0.1) is 11.6 Å². The molecule has 26 heavy (non-hydrogen) atoms. The second kappa shape index (κ2) is 7.06. The Labute approximate surface area is 162 Å². The van der Waals surface area contributed by atoms with Gasteiger partial charge in [-0.05, 0) is 28.8 Å². The van der Waals surface area contributed by atoms with E-state index >= 15 is 0 Å². The number of para-hydroxylation sites is 1. The molecule has 0 saturated heterocycles. The third-order valence-corrected chi connectivity index (χ3v) is 5.54. The second-order valence-electron chi connectivity index (χ2n) is 6.46. The first-order valence-corrected chi connectivity index (χ1v) is 9.38. The Morgan fingerprint density at radius 1 is 0.923 bits per heavy atom. The first-order chi connectivity index (χ1) is 12.7. The molecule has 0 aliphatic carbocycles. The van der Waals surface area contributed by atoms with Crippen LogP contribution in [-0.4, -0.2) is 18.0 Å². The maximum Gasteiger partial charge on any atom is 0.253 e. The molecule has 0 saturated carbocycles. The van der Waals surface area contributed by atoms with Crippen molar-refractivity contribution in [1.29, 1.82) is 0 Å². The van der Waals surface area contributed by atoms with E-state index in [-0.39, 0.29) is 11.8 Å². The smallest absolute Gasteiger partial charge is 0.253 e. The van der Waals surface area contributed by atoms with Gasteiger partial charge in [0.1, 0.15) is 0 Å². The van der Waals surface area contributed by atoms with Crippen molar-refractivity contribution in [3.8, 4) is 0 Å². The summed E-state index contributed by atoms with van der Waals surface area (Å²) in [6.07, 6.45) is 0. The molecule has 1 amide bonds. The molecule has 0 bridgehead atoms. The number of rotatable bonds is 4. The number of hydrogen-bond acceptors (Lipinski definition) is 2. The average Bonchev–Trinajstić information content (AvgIpc) is 2.96. The number of halogens is 1. The van der Waals surface area contributed by atoms with Gasteiger partial charge >= 0.3 is 0 Å². The summed E-state index contributed by atoms with van der Waals surface area (Å²) in [4.78, 5) is 13.4. The van der Waals surface area contributed by atoms with Gasteiger partial charge in [0, 0.05) is 18.1 Å². The molecule has 130 valence electrons. The molecule has 3 aromatic carbocycles. The molecule has 1 aliphatic rings. The van der Waals surface area contributed by atoms with Gasteiger partial charge in [-0.2, -0.15) is 0 Å². The van der Waals surface area contributed by atoms with Crippen molar-refractivity contribution in [3.05, 3.63) is 100 Å². The van der Waals surface area contributed by atoms with Gasteiger partial charge in [-0.3, -0.25) is 4.79 Å². The fourth-order valence-corrected chi connectivity index (χ4v) is 3.97. The number of hydrogen-bond donors (Lipinski definition) is 0. The number of nitrogens with zero attached hydrogens (tertiary/aromatic N) is 2. The topological polar surface area (TPSA) is 23.6 Å². The lowest BCUT2D eigenvalue weighted by atomic mass is 9.93. The van der Waals surface area contributed by atoms with Crippen LogP contribution in [0.25, 0.3) is 0 Å². The van der Waals surface area contributed by atoms with Crippen LogP contribution >= 0.6 is 15.9 Å². The predicted molar refractivity (Wildman–Crippen MR) is 108 cm³/mol. The fraction of sp³-hybridized carbons (Fsp3) is 0.136. The third-order valence-electron chi connectivity index (χ3n) is 4.76. The van der Waals surface area contributed by atoms with Crippen molar-refractivity contribution < 1.29 is 4.79 Å². The van der Waals surface area contributed by atoms with E-state index in [2.05, 4.69) is 28.1 Å². The van der Waals surface area contributed by atoms with E-state index in [0.29, 0.717) is 6.54 Å². The number of hydrazine groups is 1. The van der Waals surface area contributed by atoms with Crippen LogP contribution in [0.5, 0.6) is 0 Å². The van der Waals surface area contributed by atoms with E-state index in [4.69, 9.17) is 0 Å². The lowest BCUT2D eigenvalue weighted by Gasteiger charge is -2.29. The Kier molecular flexibility index (Phi) is 4.62. The van der Waals surface area contributed by atoms with Gasteiger partial charge in [-0.25, -0.2) is 10.0 Å². The second-order valence-corrected chi connectivity index (χ2v) is 7.31. The first-order valence-electron chi connectivity index (χ1n) is 8.59. The van der Waals surface area contributed by atoms with Gasteiger partial charge < -0.3 is 0 Å². The summed E-state index contributed by atoms with van der Waals surface area (Å²) >= 11 is 3.60. The van der Waals surface area contributed by atoms with Gasteiger partial charge in [0.15, 0.2) is 0 Å². The van der Waals surface area contributed by atoms with Crippen LogP contribution in [0.2, 0.25) is 0 Å². The lowest BCUT2D eigenvalue weighted by molar-refractivity contribution is -0.121. The van der Waals surface area contributed by atoms with E-state index in [0.717, 1.165) is 26.9 Å². The zero-order valence-electron chi connectivity index (χ0n) is 14.5. The number of anilines is 1. The van der Waals surface area contributed by atoms with Gasteiger partial charge in [-0.1, -0.05) is 82.7 Å². The molecule has 1 atom stereocenters. The molecule has 4 rings (SSSR count). The minimum atomic E-state index is -0.255. The Morgan fingerprint density at radius 3 is 2.35 bits per heavy atom. The highest BCUT2D eigenvalue weighted by Gasteiger charge is 2.40.